The van der Waals surface area contributed by atoms with Crippen molar-refractivity contribution in [1.82, 2.24) is 10.2 Å². The molecule has 1 saturated heterocycles. The Morgan fingerprint density at radius 1 is 1.33 bits per heavy atom. The van der Waals surface area contributed by atoms with Crippen molar-refractivity contribution < 1.29 is 14.7 Å². The number of hydrogen-bond donors (Lipinski definition) is 2. The van der Waals surface area contributed by atoms with Crippen LogP contribution in [0.15, 0.2) is 0 Å². The van der Waals surface area contributed by atoms with Gasteiger partial charge in [-0.15, -0.1) is 0 Å². The van der Waals surface area contributed by atoms with Crippen molar-refractivity contribution in [3.8, 4) is 0 Å². The van der Waals surface area contributed by atoms with Crippen LogP contribution in [0.1, 0.15) is 46.5 Å². The highest BCUT2D eigenvalue weighted by Gasteiger charge is 2.34. The molecule has 1 aliphatic rings. The summed E-state index contributed by atoms with van der Waals surface area (Å²) in [5, 5.41) is 11.9. The molecule has 0 aromatic carbocycles. The van der Waals surface area contributed by atoms with E-state index in [4.69, 9.17) is 5.11 Å². The molecular weight excluding hydrogens is 232 g/mol. The Hall–Kier alpha value is -1.26. The third kappa shape index (κ3) is 4.20. The number of aliphatic carboxylic acids is 1. The van der Waals surface area contributed by atoms with Crippen LogP contribution >= 0.6 is 0 Å². The van der Waals surface area contributed by atoms with Crippen LogP contribution in [0.2, 0.25) is 0 Å². The molecule has 5 heteroatoms. The zero-order valence-corrected chi connectivity index (χ0v) is 11.5. The van der Waals surface area contributed by atoms with E-state index >= 15 is 0 Å². The molecule has 5 nitrogen and oxygen atoms in total. The number of nitrogens with zero attached hydrogens (tertiary/aromatic N) is 1. The number of carboxylic acids is 1. The molecule has 1 aliphatic heterocycles. The molecule has 1 heterocycles. The Balaban J connectivity index is 2.42. The second-order valence-corrected chi connectivity index (χ2v) is 5.51. The summed E-state index contributed by atoms with van der Waals surface area (Å²) in [6.45, 7) is 6.80. The fourth-order valence-electron chi connectivity index (χ4n) is 2.22. The SMILES string of the molecule is CC(C)CCC(C)NC(=O)N1CCC[C@H]1C(=O)O. The number of amides is 2. The molecule has 2 N–H and O–H groups in total. The van der Waals surface area contributed by atoms with Gasteiger partial charge in [0.1, 0.15) is 6.04 Å². The number of nitrogens with one attached hydrogen (secondary N) is 1. The van der Waals surface area contributed by atoms with Crippen molar-refractivity contribution in [3.05, 3.63) is 0 Å². The molecule has 18 heavy (non-hydrogen) atoms. The normalized spacial score (nSPS) is 21.1. The molecule has 0 radical (unpaired) electrons. The summed E-state index contributed by atoms with van der Waals surface area (Å²) in [7, 11) is 0. The van der Waals surface area contributed by atoms with E-state index in [-0.39, 0.29) is 12.1 Å². The van der Waals surface area contributed by atoms with Crippen molar-refractivity contribution >= 4 is 12.0 Å². The maximum absolute atomic E-state index is 12.0. The highest BCUT2D eigenvalue weighted by Crippen LogP contribution is 2.17. The van der Waals surface area contributed by atoms with E-state index in [1.54, 1.807) is 0 Å². The average Bonchev–Trinajstić information content (AvgIpc) is 2.75. The van der Waals surface area contributed by atoms with Crippen LogP contribution in [0.25, 0.3) is 0 Å². The number of urea groups is 1. The molecule has 1 fully saturated rings. The summed E-state index contributed by atoms with van der Waals surface area (Å²) in [6, 6.07) is -0.798. The van der Waals surface area contributed by atoms with Crippen LogP contribution in [0.3, 0.4) is 0 Å². The van der Waals surface area contributed by atoms with Gasteiger partial charge in [-0.05, 0) is 38.5 Å². The zero-order chi connectivity index (χ0) is 13.7. The zero-order valence-electron chi connectivity index (χ0n) is 11.5. The van der Waals surface area contributed by atoms with Crippen molar-refractivity contribution in [2.45, 2.75) is 58.5 Å². The van der Waals surface area contributed by atoms with Gasteiger partial charge in [0.15, 0.2) is 0 Å². The van der Waals surface area contributed by atoms with E-state index in [9.17, 15) is 9.59 Å². The molecule has 0 spiro atoms. The van der Waals surface area contributed by atoms with Crippen LogP contribution in [-0.4, -0.2) is 40.6 Å². The topological polar surface area (TPSA) is 69.6 Å². The number of carbonyl (C=O) groups excluding carboxylic acids is 1. The standard InChI is InChI=1S/C13H24N2O3/c1-9(2)6-7-10(3)14-13(18)15-8-4-5-11(15)12(16)17/h9-11H,4-8H2,1-3H3,(H,14,18)(H,16,17)/t10?,11-/m0/s1. The fourth-order valence-corrected chi connectivity index (χ4v) is 2.22. The summed E-state index contributed by atoms with van der Waals surface area (Å²) >= 11 is 0. The molecule has 0 saturated carbocycles. The minimum Gasteiger partial charge on any atom is -0.480 e. The number of carboxylic acid groups (broad SMARTS) is 1. The largest absolute Gasteiger partial charge is 0.480 e. The molecule has 0 bridgehead atoms. The van der Waals surface area contributed by atoms with E-state index in [1.165, 1.54) is 4.90 Å². The minimum atomic E-state index is -0.905. The van der Waals surface area contributed by atoms with Gasteiger partial charge in [0.05, 0.1) is 0 Å². The van der Waals surface area contributed by atoms with Gasteiger partial charge in [0, 0.05) is 12.6 Å². The van der Waals surface area contributed by atoms with Gasteiger partial charge in [0.25, 0.3) is 0 Å². The smallest absolute Gasteiger partial charge is 0.326 e. The minimum absolute atomic E-state index is 0.0925. The molecular formula is C13H24N2O3. The van der Waals surface area contributed by atoms with Crippen LogP contribution in [-0.2, 0) is 4.79 Å². The van der Waals surface area contributed by atoms with Gasteiger partial charge >= 0.3 is 12.0 Å². The molecule has 1 unspecified atom stereocenters. The highest BCUT2D eigenvalue weighted by molar-refractivity contribution is 5.83. The molecule has 2 atom stereocenters. The van der Waals surface area contributed by atoms with E-state index in [0.29, 0.717) is 18.9 Å². The molecule has 0 aliphatic carbocycles. The Kier molecular flexibility index (Phi) is 5.44. The number of rotatable bonds is 5. The maximum Gasteiger partial charge on any atom is 0.326 e. The molecule has 0 aromatic rings. The summed E-state index contributed by atoms with van der Waals surface area (Å²) in [4.78, 5) is 24.4. The number of likely N-dealkylation sites (tertiary alicyclic amines) is 1. The van der Waals surface area contributed by atoms with Crippen LogP contribution in [0.5, 0.6) is 0 Å². The summed E-state index contributed by atoms with van der Waals surface area (Å²) < 4.78 is 0. The first kappa shape index (κ1) is 14.8. The number of hydrogen-bond acceptors (Lipinski definition) is 2. The van der Waals surface area contributed by atoms with Crippen LogP contribution < -0.4 is 5.32 Å². The molecule has 0 aromatic heterocycles. The lowest BCUT2D eigenvalue weighted by atomic mass is 10.0. The summed E-state index contributed by atoms with van der Waals surface area (Å²) in [5.74, 6) is -0.291. The van der Waals surface area contributed by atoms with Gasteiger partial charge in [-0.3, -0.25) is 0 Å². The second kappa shape index (κ2) is 6.61. The predicted octanol–water partition coefficient (Wildman–Crippen LogP) is 2.07. The first-order valence-electron chi connectivity index (χ1n) is 6.71. The fraction of sp³-hybridized carbons (Fsp3) is 0.846. The van der Waals surface area contributed by atoms with Crippen molar-refractivity contribution in [2.24, 2.45) is 5.92 Å². The number of carbonyl (C=O) groups is 2. The maximum atomic E-state index is 12.0. The Bertz CT molecular complexity index is 305. The summed E-state index contributed by atoms with van der Waals surface area (Å²) in [5.41, 5.74) is 0. The third-order valence-corrected chi connectivity index (χ3v) is 3.35. The Morgan fingerprint density at radius 3 is 2.56 bits per heavy atom. The van der Waals surface area contributed by atoms with E-state index in [2.05, 4.69) is 19.2 Å². The van der Waals surface area contributed by atoms with E-state index < -0.39 is 12.0 Å². The van der Waals surface area contributed by atoms with Crippen LogP contribution in [0.4, 0.5) is 4.79 Å². The van der Waals surface area contributed by atoms with Gasteiger partial charge in [-0.25, -0.2) is 9.59 Å². The van der Waals surface area contributed by atoms with E-state index in [0.717, 1.165) is 19.3 Å². The highest BCUT2D eigenvalue weighted by atomic mass is 16.4. The molecule has 104 valence electrons. The lowest BCUT2D eigenvalue weighted by molar-refractivity contribution is -0.141. The van der Waals surface area contributed by atoms with Crippen molar-refractivity contribution in [1.29, 1.82) is 0 Å². The van der Waals surface area contributed by atoms with Gasteiger partial charge < -0.3 is 15.3 Å². The Morgan fingerprint density at radius 2 is 2.00 bits per heavy atom. The second-order valence-electron chi connectivity index (χ2n) is 5.51. The first-order chi connectivity index (χ1) is 8.41. The predicted molar refractivity (Wildman–Crippen MR) is 69.4 cm³/mol. The quantitative estimate of drug-likeness (QED) is 0.791. The lowest BCUT2D eigenvalue weighted by Crippen LogP contribution is -2.48. The monoisotopic (exact) mass is 256 g/mol. The van der Waals surface area contributed by atoms with E-state index in [1.807, 2.05) is 6.92 Å². The lowest BCUT2D eigenvalue weighted by Gasteiger charge is -2.24. The third-order valence-electron chi connectivity index (χ3n) is 3.35. The van der Waals surface area contributed by atoms with Gasteiger partial charge in [-0.2, -0.15) is 0 Å². The molecule has 1 rings (SSSR count). The average molecular weight is 256 g/mol. The van der Waals surface area contributed by atoms with Crippen molar-refractivity contribution in [2.75, 3.05) is 6.54 Å². The van der Waals surface area contributed by atoms with Gasteiger partial charge in [0.2, 0.25) is 0 Å². The first-order valence-corrected chi connectivity index (χ1v) is 6.71. The van der Waals surface area contributed by atoms with Gasteiger partial charge in [-0.1, -0.05) is 13.8 Å². The van der Waals surface area contributed by atoms with Crippen molar-refractivity contribution in [3.63, 3.8) is 0 Å². The Labute approximate surface area is 109 Å². The van der Waals surface area contributed by atoms with Crippen LogP contribution in [0, 0.1) is 5.92 Å². The summed E-state index contributed by atoms with van der Waals surface area (Å²) in [6.07, 6.45) is 3.31. The molecule has 2 amide bonds.